The van der Waals surface area contributed by atoms with Crippen molar-refractivity contribution >= 4 is 43.5 Å². The number of amides is 2. The Kier molecular flexibility index (Phi) is 10.4. The normalized spacial score (nSPS) is 12.1. The van der Waals surface area contributed by atoms with Crippen LogP contribution in [0.1, 0.15) is 38.7 Å². The van der Waals surface area contributed by atoms with E-state index in [1.807, 2.05) is 44.2 Å². The maximum atomic E-state index is 13.5. The average molecular weight is 539 g/mol. The minimum Gasteiger partial charge on any atom is -0.354 e. The van der Waals surface area contributed by atoms with E-state index < -0.39 is 28.5 Å². The first-order chi connectivity index (χ1) is 15.7. The number of nitrogens with one attached hydrogen (secondary N) is 1. The molecule has 0 fully saturated rings. The summed E-state index contributed by atoms with van der Waals surface area (Å²) in [4.78, 5) is 27.9. The van der Waals surface area contributed by atoms with Gasteiger partial charge in [-0.05, 0) is 36.6 Å². The Morgan fingerprint density at radius 3 is 2.33 bits per heavy atom. The summed E-state index contributed by atoms with van der Waals surface area (Å²) in [5.74, 6) is -0.676. The van der Waals surface area contributed by atoms with Gasteiger partial charge in [0.15, 0.2) is 0 Å². The largest absolute Gasteiger partial charge is 0.354 e. The monoisotopic (exact) mass is 537 g/mol. The zero-order valence-corrected chi connectivity index (χ0v) is 21.7. The number of halogens is 1. The fourth-order valence-corrected chi connectivity index (χ4v) is 4.68. The summed E-state index contributed by atoms with van der Waals surface area (Å²) >= 11 is 3.35. The minimum absolute atomic E-state index is 0.204. The SMILES string of the molecule is CCCCNC(=O)C(CC)N(Cc1ccccc1)C(=O)CN(c1cccc(Br)c1)S(C)(=O)=O. The molecule has 0 aliphatic heterocycles. The number of carbonyl (C=O) groups excluding carboxylic acids is 2. The van der Waals surface area contributed by atoms with Crippen LogP contribution in [0.15, 0.2) is 59.1 Å². The molecular weight excluding hydrogens is 506 g/mol. The molecule has 180 valence electrons. The molecule has 0 saturated carbocycles. The van der Waals surface area contributed by atoms with Crippen LogP contribution in [0.4, 0.5) is 5.69 Å². The molecule has 2 aromatic rings. The number of unbranched alkanes of at least 4 members (excludes halogenated alkanes) is 1. The van der Waals surface area contributed by atoms with Crippen molar-refractivity contribution in [1.29, 1.82) is 0 Å². The van der Waals surface area contributed by atoms with E-state index in [9.17, 15) is 18.0 Å². The maximum Gasteiger partial charge on any atom is 0.244 e. The van der Waals surface area contributed by atoms with Gasteiger partial charge in [-0.1, -0.05) is 72.6 Å². The van der Waals surface area contributed by atoms with Crippen LogP contribution in [0.5, 0.6) is 0 Å². The molecule has 33 heavy (non-hydrogen) atoms. The Morgan fingerprint density at radius 1 is 1.06 bits per heavy atom. The third-order valence-electron chi connectivity index (χ3n) is 5.19. The lowest BCUT2D eigenvalue weighted by Gasteiger charge is -2.33. The van der Waals surface area contributed by atoms with Gasteiger partial charge in [-0.2, -0.15) is 0 Å². The number of nitrogens with zero attached hydrogens (tertiary/aromatic N) is 2. The molecule has 0 heterocycles. The summed E-state index contributed by atoms with van der Waals surface area (Å²) in [7, 11) is -3.74. The van der Waals surface area contributed by atoms with Gasteiger partial charge in [-0.3, -0.25) is 13.9 Å². The van der Waals surface area contributed by atoms with E-state index in [1.54, 1.807) is 24.3 Å². The Balaban J connectivity index is 2.37. The quantitative estimate of drug-likeness (QED) is 0.415. The van der Waals surface area contributed by atoms with E-state index in [0.29, 0.717) is 23.1 Å². The van der Waals surface area contributed by atoms with Crippen molar-refractivity contribution in [3.05, 3.63) is 64.6 Å². The van der Waals surface area contributed by atoms with E-state index in [-0.39, 0.29) is 12.5 Å². The van der Waals surface area contributed by atoms with Gasteiger partial charge >= 0.3 is 0 Å². The third-order valence-corrected chi connectivity index (χ3v) is 6.82. The van der Waals surface area contributed by atoms with Crippen LogP contribution < -0.4 is 9.62 Å². The van der Waals surface area contributed by atoms with E-state index in [2.05, 4.69) is 21.2 Å². The fourth-order valence-electron chi connectivity index (χ4n) is 3.45. The third kappa shape index (κ3) is 8.16. The van der Waals surface area contributed by atoms with Crippen molar-refractivity contribution < 1.29 is 18.0 Å². The van der Waals surface area contributed by atoms with Crippen molar-refractivity contribution in [3.8, 4) is 0 Å². The zero-order valence-electron chi connectivity index (χ0n) is 19.3. The van der Waals surface area contributed by atoms with Gasteiger partial charge in [0.1, 0.15) is 12.6 Å². The van der Waals surface area contributed by atoms with Crippen LogP contribution in [0.25, 0.3) is 0 Å². The van der Waals surface area contributed by atoms with Crippen molar-refractivity contribution in [3.63, 3.8) is 0 Å². The summed E-state index contributed by atoms with van der Waals surface area (Å²) in [6.45, 7) is 4.22. The molecule has 0 bridgehead atoms. The van der Waals surface area contributed by atoms with Crippen molar-refractivity contribution in [2.45, 2.75) is 45.7 Å². The van der Waals surface area contributed by atoms with E-state index in [4.69, 9.17) is 0 Å². The number of hydrogen-bond donors (Lipinski definition) is 1. The van der Waals surface area contributed by atoms with Crippen LogP contribution >= 0.6 is 15.9 Å². The Hall–Kier alpha value is -2.39. The van der Waals surface area contributed by atoms with E-state index in [0.717, 1.165) is 29.0 Å². The molecule has 1 unspecified atom stereocenters. The van der Waals surface area contributed by atoms with Gasteiger partial charge in [-0.15, -0.1) is 0 Å². The second kappa shape index (κ2) is 12.7. The fraction of sp³-hybridized carbons (Fsp3) is 0.417. The highest BCUT2D eigenvalue weighted by Crippen LogP contribution is 2.23. The average Bonchev–Trinajstić information content (AvgIpc) is 2.77. The highest BCUT2D eigenvalue weighted by molar-refractivity contribution is 9.10. The van der Waals surface area contributed by atoms with Gasteiger partial charge in [0.25, 0.3) is 0 Å². The van der Waals surface area contributed by atoms with E-state index in [1.165, 1.54) is 4.90 Å². The zero-order chi connectivity index (χ0) is 24.4. The molecule has 7 nitrogen and oxygen atoms in total. The topological polar surface area (TPSA) is 86.8 Å². The van der Waals surface area contributed by atoms with Gasteiger partial charge in [0.05, 0.1) is 11.9 Å². The second-order valence-electron chi connectivity index (χ2n) is 7.83. The molecule has 2 rings (SSSR count). The number of sulfonamides is 1. The smallest absolute Gasteiger partial charge is 0.244 e. The van der Waals surface area contributed by atoms with E-state index >= 15 is 0 Å². The lowest BCUT2D eigenvalue weighted by Crippen LogP contribution is -2.52. The number of benzene rings is 2. The Morgan fingerprint density at radius 2 is 1.76 bits per heavy atom. The molecule has 0 saturated heterocycles. The highest BCUT2D eigenvalue weighted by atomic mass is 79.9. The molecule has 1 atom stereocenters. The summed E-state index contributed by atoms with van der Waals surface area (Å²) in [5.41, 5.74) is 1.24. The van der Waals surface area contributed by atoms with Crippen LogP contribution in [0.3, 0.4) is 0 Å². The highest BCUT2D eigenvalue weighted by Gasteiger charge is 2.31. The van der Waals surface area contributed by atoms with Crippen LogP contribution in [0.2, 0.25) is 0 Å². The Bertz CT molecular complexity index is 1030. The summed E-state index contributed by atoms with van der Waals surface area (Å²) < 4.78 is 26.9. The molecular formula is C24H32BrN3O4S. The maximum absolute atomic E-state index is 13.5. The molecule has 0 aliphatic rings. The number of carbonyl (C=O) groups is 2. The molecule has 9 heteroatoms. The second-order valence-corrected chi connectivity index (χ2v) is 10.6. The van der Waals surface area contributed by atoms with Crippen molar-refractivity contribution in [1.82, 2.24) is 10.2 Å². The molecule has 0 radical (unpaired) electrons. The van der Waals surface area contributed by atoms with Gasteiger partial charge < -0.3 is 10.2 Å². The first kappa shape index (κ1) is 26.9. The van der Waals surface area contributed by atoms with Crippen molar-refractivity contribution in [2.24, 2.45) is 0 Å². The predicted octanol–water partition coefficient (Wildman–Crippen LogP) is 3.94. The first-order valence-corrected chi connectivity index (χ1v) is 13.7. The lowest BCUT2D eigenvalue weighted by atomic mass is 10.1. The number of hydrogen-bond acceptors (Lipinski definition) is 4. The first-order valence-electron chi connectivity index (χ1n) is 11.0. The Labute approximate surface area is 205 Å². The van der Waals surface area contributed by atoms with Gasteiger partial charge in [0.2, 0.25) is 21.8 Å². The molecule has 0 aromatic heterocycles. The standard InChI is InChI=1S/C24H32BrN3O4S/c1-4-6-15-26-24(30)22(5-2)27(17-19-11-8-7-9-12-19)23(29)18-28(33(3,31)32)21-14-10-13-20(25)16-21/h7-14,16,22H,4-6,15,17-18H2,1-3H3,(H,26,30). The molecule has 2 amide bonds. The summed E-state index contributed by atoms with van der Waals surface area (Å²) in [6.07, 6.45) is 3.27. The van der Waals surface area contributed by atoms with Crippen LogP contribution in [0, 0.1) is 0 Å². The molecule has 2 aromatic carbocycles. The minimum atomic E-state index is -3.74. The van der Waals surface area contributed by atoms with Gasteiger partial charge in [0, 0.05) is 17.6 Å². The van der Waals surface area contributed by atoms with Crippen molar-refractivity contribution in [2.75, 3.05) is 23.7 Å². The molecule has 0 aliphatic carbocycles. The van der Waals surface area contributed by atoms with Gasteiger partial charge in [-0.25, -0.2) is 8.42 Å². The number of anilines is 1. The molecule has 1 N–H and O–H groups in total. The predicted molar refractivity (Wildman–Crippen MR) is 135 cm³/mol. The number of rotatable bonds is 12. The molecule has 0 spiro atoms. The lowest BCUT2D eigenvalue weighted by molar-refractivity contribution is -0.140. The summed E-state index contributed by atoms with van der Waals surface area (Å²) in [6, 6.07) is 15.4. The van der Waals surface area contributed by atoms with Crippen LogP contribution in [-0.4, -0.2) is 50.5 Å². The van der Waals surface area contributed by atoms with Crippen LogP contribution in [-0.2, 0) is 26.2 Å². The summed E-state index contributed by atoms with van der Waals surface area (Å²) in [5, 5.41) is 2.91.